The minimum atomic E-state index is -0.424. The van der Waals surface area contributed by atoms with Gasteiger partial charge in [-0.15, -0.1) is 0 Å². The first-order valence-corrected chi connectivity index (χ1v) is 6.55. The molecular weight excluding hydrogens is 232 g/mol. The molecule has 0 spiro atoms. The van der Waals surface area contributed by atoms with Gasteiger partial charge in [0.2, 0.25) is 11.8 Å². The van der Waals surface area contributed by atoms with Crippen molar-refractivity contribution in [2.45, 2.75) is 52.2 Å². The van der Waals surface area contributed by atoms with Crippen LogP contribution in [0.1, 0.15) is 34.1 Å². The summed E-state index contributed by atoms with van der Waals surface area (Å²) in [6.45, 7) is 8.11. The Kier molecular flexibility index (Phi) is 5.14. The van der Waals surface area contributed by atoms with Crippen molar-refractivity contribution in [2.24, 2.45) is 5.92 Å². The van der Waals surface area contributed by atoms with Crippen LogP contribution in [0.5, 0.6) is 0 Å². The first-order valence-electron chi connectivity index (χ1n) is 6.55. The Bertz CT molecular complexity index is 317. The Balaban J connectivity index is 2.97. The second-order valence-electron chi connectivity index (χ2n) is 5.17. The fourth-order valence-electron chi connectivity index (χ4n) is 2.35. The molecule has 0 aromatic carbocycles. The molecule has 1 N–H and O–H groups in total. The molecule has 1 rings (SSSR count). The smallest absolute Gasteiger partial charge is 0.246 e. The second kappa shape index (κ2) is 6.18. The Morgan fingerprint density at radius 3 is 2.44 bits per heavy atom. The number of hydrogen-bond donors (Lipinski definition) is 1. The minimum Gasteiger partial charge on any atom is -0.383 e. The third-order valence-electron chi connectivity index (χ3n) is 3.51. The number of ether oxygens (including phenoxy) is 1. The standard InChI is InChI=1S/C13H24N2O3/c1-6-10(7-18-5)15-9(4)12(16)14-11(8(2)3)13(15)17/h8-11H,6-7H2,1-5H3,(H,14,16). The van der Waals surface area contributed by atoms with Crippen molar-refractivity contribution in [1.82, 2.24) is 10.2 Å². The molecule has 0 bridgehead atoms. The molecule has 0 aromatic rings. The maximum Gasteiger partial charge on any atom is 0.246 e. The molecule has 0 aliphatic carbocycles. The van der Waals surface area contributed by atoms with Crippen molar-refractivity contribution in [3.63, 3.8) is 0 Å². The van der Waals surface area contributed by atoms with E-state index < -0.39 is 12.1 Å². The van der Waals surface area contributed by atoms with Gasteiger partial charge in [0.1, 0.15) is 12.1 Å². The van der Waals surface area contributed by atoms with E-state index >= 15 is 0 Å². The Hall–Kier alpha value is -1.10. The van der Waals surface area contributed by atoms with Crippen molar-refractivity contribution in [3.8, 4) is 0 Å². The number of carbonyl (C=O) groups is 2. The minimum absolute atomic E-state index is 0.000926. The van der Waals surface area contributed by atoms with Gasteiger partial charge in [-0.25, -0.2) is 0 Å². The third kappa shape index (κ3) is 2.83. The third-order valence-corrected chi connectivity index (χ3v) is 3.51. The summed E-state index contributed by atoms with van der Waals surface area (Å²) < 4.78 is 5.15. The van der Waals surface area contributed by atoms with Crippen LogP contribution in [0, 0.1) is 5.92 Å². The molecule has 104 valence electrons. The lowest BCUT2D eigenvalue weighted by atomic mass is 9.96. The van der Waals surface area contributed by atoms with E-state index in [1.807, 2.05) is 20.8 Å². The topological polar surface area (TPSA) is 58.6 Å². The van der Waals surface area contributed by atoms with E-state index in [1.165, 1.54) is 0 Å². The van der Waals surface area contributed by atoms with Crippen molar-refractivity contribution < 1.29 is 14.3 Å². The van der Waals surface area contributed by atoms with Gasteiger partial charge < -0.3 is 15.0 Å². The van der Waals surface area contributed by atoms with Crippen LogP contribution in [-0.2, 0) is 14.3 Å². The van der Waals surface area contributed by atoms with Crippen LogP contribution in [0.2, 0.25) is 0 Å². The summed E-state index contributed by atoms with van der Waals surface area (Å²) in [5.41, 5.74) is 0. The van der Waals surface area contributed by atoms with Gasteiger partial charge in [-0.05, 0) is 19.3 Å². The molecule has 1 saturated heterocycles. The molecule has 3 atom stereocenters. The molecular formula is C13H24N2O3. The zero-order chi connectivity index (χ0) is 13.9. The van der Waals surface area contributed by atoms with E-state index in [1.54, 1.807) is 18.9 Å². The normalized spacial score (nSPS) is 26.4. The predicted molar refractivity (Wildman–Crippen MR) is 69.0 cm³/mol. The molecule has 0 aromatic heterocycles. The summed E-state index contributed by atoms with van der Waals surface area (Å²) in [6.07, 6.45) is 0.780. The highest BCUT2D eigenvalue weighted by atomic mass is 16.5. The highest BCUT2D eigenvalue weighted by Gasteiger charge is 2.42. The summed E-state index contributed by atoms with van der Waals surface area (Å²) >= 11 is 0. The fourth-order valence-corrected chi connectivity index (χ4v) is 2.35. The number of methoxy groups -OCH3 is 1. The summed E-state index contributed by atoms with van der Waals surface area (Å²) in [4.78, 5) is 26.1. The van der Waals surface area contributed by atoms with Crippen molar-refractivity contribution in [3.05, 3.63) is 0 Å². The highest BCUT2D eigenvalue weighted by Crippen LogP contribution is 2.19. The van der Waals surface area contributed by atoms with Crippen LogP contribution in [0.25, 0.3) is 0 Å². The molecule has 1 heterocycles. The van der Waals surface area contributed by atoms with Gasteiger partial charge >= 0.3 is 0 Å². The van der Waals surface area contributed by atoms with E-state index in [2.05, 4.69) is 5.32 Å². The van der Waals surface area contributed by atoms with Crippen LogP contribution in [0.3, 0.4) is 0 Å². The fraction of sp³-hybridized carbons (Fsp3) is 0.846. The number of nitrogens with zero attached hydrogens (tertiary/aromatic N) is 1. The van der Waals surface area contributed by atoms with E-state index in [-0.39, 0.29) is 23.8 Å². The summed E-state index contributed by atoms with van der Waals surface area (Å²) in [5, 5.41) is 2.80. The van der Waals surface area contributed by atoms with Gasteiger partial charge in [0.05, 0.1) is 12.6 Å². The van der Waals surface area contributed by atoms with Crippen LogP contribution in [0.4, 0.5) is 0 Å². The number of nitrogens with one attached hydrogen (secondary N) is 1. The number of hydrogen-bond acceptors (Lipinski definition) is 3. The van der Waals surface area contributed by atoms with E-state index in [0.29, 0.717) is 6.61 Å². The molecule has 0 saturated carbocycles. The highest BCUT2D eigenvalue weighted by molar-refractivity contribution is 5.97. The largest absolute Gasteiger partial charge is 0.383 e. The Labute approximate surface area is 109 Å². The Morgan fingerprint density at radius 1 is 1.39 bits per heavy atom. The van der Waals surface area contributed by atoms with Gasteiger partial charge in [-0.3, -0.25) is 9.59 Å². The van der Waals surface area contributed by atoms with Crippen LogP contribution in [0.15, 0.2) is 0 Å². The average molecular weight is 256 g/mol. The number of piperazine rings is 1. The number of carbonyl (C=O) groups excluding carboxylic acids is 2. The van der Waals surface area contributed by atoms with Crippen LogP contribution < -0.4 is 5.32 Å². The van der Waals surface area contributed by atoms with Gasteiger partial charge in [0.15, 0.2) is 0 Å². The maximum absolute atomic E-state index is 12.5. The number of amides is 2. The molecule has 2 amide bonds. The summed E-state index contributed by atoms with van der Waals surface area (Å²) in [5.74, 6) is 0.0142. The summed E-state index contributed by atoms with van der Waals surface area (Å²) in [6, 6.07) is -0.878. The van der Waals surface area contributed by atoms with Gasteiger partial charge in [0.25, 0.3) is 0 Å². The number of rotatable bonds is 5. The quantitative estimate of drug-likeness (QED) is 0.791. The van der Waals surface area contributed by atoms with Crippen molar-refractivity contribution in [1.29, 1.82) is 0 Å². The van der Waals surface area contributed by atoms with Gasteiger partial charge in [0, 0.05) is 7.11 Å². The van der Waals surface area contributed by atoms with E-state index in [0.717, 1.165) is 6.42 Å². The van der Waals surface area contributed by atoms with Crippen LogP contribution >= 0.6 is 0 Å². The molecule has 18 heavy (non-hydrogen) atoms. The van der Waals surface area contributed by atoms with Gasteiger partial charge in [-0.2, -0.15) is 0 Å². The maximum atomic E-state index is 12.5. The first kappa shape index (κ1) is 15.0. The van der Waals surface area contributed by atoms with E-state index in [9.17, 15) is 9.59 Å². The lowest BCUT2D eigenvalue weighted by Gasteiger charge is -2.42. The Morgan fingerprint density at radius 2 is 2.00 bits per heavy atom. The lowest BCUT2D eigenvalue weighted by molar-refractivity contribution is -0.154. The second-order valence-corrected chi connectivity index (χ2v) is 5.17. The zero-order valence-electron chi connectivity index (χ0n) is 11.9. The van der Waals surface area contributed by atoms with Crippen molar-refractivity contribution >= 4 is 11.8 Å². The molecule has 3 unspecified atom stereocenters. The zero-order valence-corrected chi connectivity index (χ0v) is 11.9. The monoisotopic (exact) mass is 256 g/mol. The van der Waals surface area contributed by atoms with E-state index in [4.69, 9.17) is 4.74 Å². The predicted octanol–water partition coefficient (Wildman–Crippen LogP) is 0.783. The molecule has 5 nitrogen and oxygen atoms in total. The molecule has 1 aliphatic heterocycles. The molecule has 0 radical (unpaired) electrons. The summed E-state index contributed by atoms with van der Waals surface area (Å²) in [7, 11) is 1.61. The molecule has 1 fully saturated rings. The SMILES string of the molecule is CCC(COC)N1C(=O)C(C(C)C)NC(=O)C1C. The molecule has 1 aliphatic rings. The lowest BCUT2D eigenvalue weighted by Crippen LogP contribution is -2.66. The first-order chi connectivity index (χ1) is 8.43. The van der Waals surface area contributed by atoms with Crippen LogP contribution in [-0.4, -0.2) is 48.6 Å². The molecule has 5 heteroatoms. The average Bonchev–Trinajstić information content (AvgIpc) is 2.32. The van der Waals surface area contributed by atoms with Crippen molar-refractivity contribution in [2.75, 3.05) is 13.7 Å². The van der Waals surface area contributed by atoms with Gasteiger partial charge in [-0.1, -0.05) is 20.8 Å².